The number of aromatic nitrogens is 2. The Hall–Kier alpha value is -2.14. The highest BCUT2D eigenvalue weighted by Crippen LogP contribution is 2.40. The minimum Gasteiger partial charge on any atom is -0.508 e. The predicted molar refractivity (Wildman–Crippen MR) is 90.5 cm³/mol. The molecule has 4 rings (SSSR count). The standard InChI is InChI=1S/C18H22N4O/c19-14-6-8-22(9-7-14)16-11-20-18(12-4-5-12)21-17(16)13-2-1-3-15(23)10-13/h1-3,10-12,14,23H,4-9,19H2. The lowest BCUT2D eigenvalue weighted by Crippen LogP contribution is -2.40. The molecule has 5 nitrogen and oxygen atoms in total. The van der Waals surface area contributed by atoms with Crippen LogP contribution < -0.4 is 10.6 Å². The van der Waals surface area contributed by atoms with E-state index >= 15 is 0 Å². The number of hydrogen-bond acceptors (Lipinski definition) is 5. The van der Waals surface area contributed by atoms with Crippen LogP contribution in [0.4, 0.5) is 5.69 Å². The van der Waals surface area contributed by atoms with Crippen molar-refractivity contribution < 1.29 is 5.11 Å². The number of hydrogen-bond donors (Lipinski definition) is 2. The van der Waals surface area contributed by atoms with Gasteiger partial charge >= 0.3 is 0 Å². The molecule has 2 heterocycles. The van der Waals surface area contributed by atoms with Gasteiger partial charge in [-0.05, 0) is 37.8 Å². The number of piperidine rings is 1. The number of phenolic OH excluding ortho intramolecular Hbond substituents is 1. The van der Waals surface area contributed by atoms with Gasteiger partial charge in [0.1, 0.15) is 11.6 Å². The van der Waals surface area contributed by atoms with Gasteiger partial charge in [-0.3, -0.25) is 0 Å². The SMILES string of the molecule is NC1CCN(c2cnc(C3CC3)nc2-c2cccc(O)c2)CC1. The Morgan fingerprint density at radius 3 is 2.61 bits per heavy atom. The molecule has 3 N–H and O–H groups in total. The quantitative estimate of drug-likeness (QED) is 0.911. The molecule has 1 aromatic heterocycles. The third-order valence-corrected chi connectivity index (χ3v) is 4.73. The second-order valence-corrected chi connectivity index (χ2v) is 6.61. The predicted octanol–water partition coefficient (Wildman–Crippen LogP) is 2.65. The van der Waals surface area contributed by atoms with E-state index in [2.05, 4.69) is 9.88 Å². The molecule has 1 saturated carbocycles. The van der Waals surface area contributed by atoms with Gasteiger partial charge in [0.15, 0.2) is 0 Å². The van der Waals surface area contributed by atoms with Gasteiger partial charge in [0.2, 0.25) is 0 Å². The van der Waals surface area contributed by atoms with E-state index in [1.54, 1.807) is 12.1 Å². The molecule has 1 aliphatic heterocycles. The van der Waals surface area contributed by atoms with Crippen LogP contribution in [0.3, 0.4) is 0 Å². The topological polar surface area (TPSA) is 75.3 Å². The van der Waals surface area contributed by atoms with Crippen molar-refractivity contribution in [2.75, 3.05) is 18.0 Å². The second-order valence-electron chi connectivity index (χ2n) is 6.61. The summed E-state index contributed by atoms with van der Waals surface area (Å²) < 4.78 is 0. The minimum atomic E-state index is 0.265. The Morgan fingerprint density at radius 1 is 1.13 bits per heavy atom. The lowest BCUT2D eigenvalue weighted by molar-refractivity contribution is 0.475. The lowest BCUT2D eigenvalue weighted by Gasteiger charge is -2.32. The Morgan fingerprint density at radius 2 is 1.91 bits per heavy atom. The first-order chi connectivity index (χ1) is 11.2. The first-order valence-electron chi connectivity index (χ1n) is 8.37. The van der Waals surface area contributed by atoms with Crippen molar-refractivity contribution in [3.8, 4) is 17.0 Å². The summed E-state index contributed by atoms with van der Waals surface area (Å²) >= 11 is 0. The monoisotopic (exact) mass is 310 g/mol. The molecule has 1 aromatic carbocycles. The zero-order chi connectivity index (χ0) is 15.8. The maximum absolute atomic E-state index is 9.83. The van der Waals surface area contributed by atoms with Gasteiger partial charge in [-0.1, -0.05) is 12.1 Å². The van der Waals surface area contributed by atoms with Crippen LogP contribution in [0.25, 0.3) is 11.3 Å². The summed E-state index contributed by atoms with van der Waals surface area (Å²) in [6.45, 7) is 1.86. The first kappa shape index (κ1) is 14.5. The van der Waals surface area contributed by atoms with Crippen molar-refractivity contribution >= 4 is 5.69 Å². The largest absolute Gasteiger partial charge is 0.508 e. The van der Waals surface area contributed by atoms with Gasteiger partial charge in [-0.25, -0.2) is 9.97 Å². The normalized spacial score (nSPS) is 19.1. The zero-order valence-corrected chi connectivity index (χ0v) is 13.2. The Labute approximate surface area is 136 Å². The third-order valence-electron chi connectivity index (χ3n) is 4.73. The van der Waals surface area contributed by atoms with E-state index in [-0.39, 0.29) is 5.75 Å². The molecular weight excluding hydrogens is 288 g/mol. The van der Waals surface area contributed by atoms with Crippen LogP contribution in [0.2, 0.25) is 0 Å². The summed E-state index contributed by atoms with van der Waals surface area (Å²) in [5, 5.41) is 9.83. The highest BCUT2D eigenvalue weighted by molar-refractivity contribution is 5.75. The number of nitrogens with zero attached hydrogens (tertiary/aromatic N) is 3. The summed E-state index contributed by atoms with van der Waals surface area (Å²) in [6.07, 6.45) is 6.29. The fourth-order valence-electron chi connectivity index (χ4n) is 3.16. The van der Waals surface area contributed by atoms with Gasteiger partial charge in [0.25, 0.3) is 0 Å². The van der Waals surface area contributed by atoms with Crippen LogP contribution in [0.5, 0.6) is 5.75 Å². The van der Waals surface area contributed by atoms with E-state index < -0.39 is 0 Å². The molecular formula is C18H22N4O. The van der Waals surface area contributed by atoms with E-state index in [9.17, 15) is 5.11 Å². The molecule has 1 saturated heterocycles. The first-order valence-corrected chi connectivity index (χ1v) is 8.37. The van der Waals surface area contributed by atoms with Crippen LogP contribution in [-0.4, -0.2) is 34.2 Å². The van der Waals surface area contributed by atoms with Crippen molar-refractivity contribution in [1.29, 1.82) is 0 Å². The summed E-state index contributed by atoms with van der Waals surface area (Å²) in [5.41, 5.74) is 8.94. The highest BCUT2D eigenvalue weighted by Gasteiger charge is 2.28. The minimum absolute atomic E-state index is 0.265. The molecule has 23 heavy (non-hydrogen) atoms. The van der Waals surface area contributed by atoms with Crippen molar-refractivity contribution in [3.05, 3.63) is 36.3 Å². The lowest BCUT2D eigenvalue weighted by atomic mass is 10.0. The van der Waals surface area contributed by atoms with E-state index in [1.807, 2.05) is 18.3 Å². The Balaban J connectivity index is 1.75. The second kappa shape index (κ2) is 5.81. The third kappa shape index (κ3) is 3.01. The number of rotatable bonds is 3. The molecule has 0 bridgehead atoms. The van der Waals surface area contributed by atoms with Gasteiger partial charge in [-0.2, -0.15) is 0 Å². The maximum atomic E-state index is 9.83. The summed E-state index contributed by atoms with van der Waals surface area (Å²) in [6, 6.07) is 7.61. The fourth-order valence-corrected chi connectivity index (χ4v) is 3.16. The molecule has 1 aliphatic carbocycles. The van der Waals surface area contributed by atoms with Crippen molar-refractivity contribution in [2.45, 2.75) is 37.6 Å². The van der Waals surface area contributed by atoms with Crippen molar-refractivity contribution in [3.63, 3.8) is 0 Å². The summed E-state index contributed by atoms with van der Waals surface area (Å²) in [7, 11) is 0. The van der Waals surface area contributed by atoms with E-state index in [1.165, 1.54) is 12.8 Å². The molecule has 0 radical (unpaired) electrons. The van der Waals surface area contributed by atoms with E-state index in [0.717, 1.165) is 48.7 Å². The number of benzene rings is 1. The molecule has 120 valence electrons. The van der Waals surface area contributed by atoms with Crippen LogP contribution in [-0.2, 0) is 0 Å². The number of phenols is 1. The maximum Gasteiger partial charge on any atom is 0.132 e. The van der Waals surface area contributed by atoms with Gasteiger partial charge < -0.3 is 15.7 Å². The molecule has 0 unspecified atom stereocenters. The van der Waals surface area contributed by atoms with E-state index in [4.69, 9.17) is 10.7 Å². The van der Waals surface area contributed by atoms with Gasteiger partial charge in [0, 0.05) is 30.6 Å². The molecule has 0 atom stereocenters. The average Bonchev–Trinajstić information content (AvgIpc) is 3.40. The van der Waals surface area contributed by atoms with Crippen LogP contribution in [0.15, 0.2) is 30.5 Å². The van der Waals surface area contributed by atoms with Crippen molar-refractivity contribution in [1.82, 2.24) is 9.97 Å². The smallest absolute Gasteiger partial charge is 0.132 e. The van der Waals surface area contributed by atoms with Crippen LogP contribution in [0.1, 0.15) is 37.4 Å². The van der Waals surface area contributed by atoms with E-state index in [0.29, 0.717) is 12.0 Å². The molecule has 5 heteroatoms. The zero-order valence-electron chi connectivity index (χ0n) is 13.2. The molecule has 2 aliphatic rings. The number of nitrogens with two attached hydrogens (primary N) is 1. The Bertz CT molecular complexity index is 706. The molecule has 0 spiro atoms. The van der Waals surface area contributed by atoms with Gasteiger partial charge in [-0.15, -0.1) is 0 Å². The molecule has 2 aromatic rings. The summed E-state index contributed by atoms with van der Waals surface area (Å²) in [4.78, 5) is 11.8. The number of anilines is 1. The van der Waals surface area contributed by atoms with Crippen LogP contribution in [0, 0.1) is 0 Å². The fraction of sp³-hybridized carbons (Fsp3) is 0.444. The molecule has 2 fully saturated rings. The Kier molecular flexibility index (Phi) is 3.65. The number of aromatic hydroxyl groups is 1. The van der Waals surface area contributed by atoms with Gasteiger partial charge in [0.05, 0.1) is 17.6 Å². The van der Waals surface area contributed by atoms with Crippen molar-refractivity contribution in [2.24, 2.45) is 5.73 Å². The highest BCUT2D eigenvalue weighted by atomic mass is 16.3. The average molecular weight is 310 g/mol. The van der Waals surface area contributed by atoms with Crippen LogP contribution >= 0.6 is 0 Å². The summed E-state index contributed by atoms with van der Waals surface area (Å²) in [5.74, 6) is 1.70. The molecule has 0 amide bonds.